The van der Waals surface area contributed by atoms with Crippen molar-refractivity contribution in [2.24, 2.45) is 5.92 Å². The summed E-state index contributed by atoms with van der Waals surface area (Å²) in [5.74, 6) is 0.711. The Kier molecular flexibility index (Phi) is 6.71. The minimum Gasteiger partial charge on any atom is -0.495 e. The van der Waals surface area contributed by atoms with Gasteiger partial charge in [-0.25, -0.2) is 0 Å². The molecule has 1 amide bonds. The molecule has 1 aromatic rings. The molecule has 3 nitrogen and oxygen atoms in total. The first kappa shape index (κ1) is 15.8. The number of amides is 1. The van der Waals surface area contributed by atoms with Crippen molar-refractivity contribution in [3.05, 3.63) is 23.2 Å². The third-order valence-corrected chi connectivity index (χ3v) is 3.42. The zero-order chi connectivity index (χ0) is 14.3. The molecule has 0 aromatic heterocycles. The van der Waals surface area contributed by atoms with Crippen LogP contribution in [0.1, 0.15) is 39.5 Å². The first-order valence-electron chi connectivity index (χ1n) is 6.76. The van der Waals surface area contributed by atoms with Gasteiger partial charge in [0.1, 0.15) is 5.75 Å². The highest BCUT2D eigenvalue weighted by molar-refractivity contribution is 6.31. The molecule has 0 bridgehead atoms. The highest BCUT2D eigenvalue weighted by Gasteiger charge is 2.17. The normalized spacial score (nSPS) is 12.0. The Hall–Kier alpha value is -1.22. The van der Waals surface area contributed by atoms with Crippen LogP contribution in [0, 0.1) is 5.92 Å². The molecule has 0 heterocycles. The van der Waals surface area contributed by atoms with Gasteiger partial charge in [0.15, 0.2) is 0 Å². The summed E-state index contributed by atoms with van der Waals surface area (Å²) in [5, 5.41) is 3.50. The fraction of sp³-hybridized carbons (Fsp3) is 0.533. The maximum Gasteiger partial charge on any atom is 0.227 e. The molecule has 1 N–H and O–H groups in total. The summed E-state index contributed by atoms with van der Waals surface area (Å²) in [6.07, 6.45) is 3.93. The lowest BCUT2D eigenvalue weighted by Crippen LogP contribution is -2.22. The van der Waals surface area contributed by atoms with Crippen molar-refractivity contribution in [1.29, 1.82) is 0 Å². The number of unbranched alkanes of at least 4 members (excludes halogenated alkanes) is 1. The Bertz CT molecular complexity index is 421. The van der Waals surface area contributed by atoms with E-state index >= 15 is 0 Å². The molecule has 0 unspecified atom stereocenters. The standard InChI is InChI=1S/C15H22ClNO2/c1-4-6-7-11(5-2)15(18)17-13-10-12(16)8-9-14(13)19-3/h8-11H,4-7H2,1-3H3,(H,17,18)/t11-/m0/s1. The smallest absolute Gasteiger partial charge is 0.227 e. The average molecular weight is 284 g/mol. The molecule has 1 atom stereocenters. The molecule has 4 heteroatoms. The summed E-state index contributed by atoms with van der Waals surface area (Å²) in [7, 11) is 1.58. The lowest BCUT2D eigenvalue weighted by molar-refractivity contribution is -0.120. The predicted octanol–water partition coefficient (Wildman–Crippen LogP) is 4.50. The summed E-state index contributed by atoms with van der Waals surface area (Å²) in [6, 6.07) is 5.21. The largest absolute Gasteiger partial charge is 0.495 e. The molecule has 0 saturated heterocycles. The van der Waals surface area contributed by atoms with Crippen LogP contribution < -0.4 is 10.1 Å². The molecule has 19 heavy (non-hydrogen) atoms. The number of carbonyl (C=O) groups excluding carboxylic acids is 1. The van der Waals surface area contributed by atoms with Crippen LogP contribution in [0.15, 0.2) is 18.2 Å². The molecule has 0 aliphatic carbocycles. The number of methoxy groups -OCH3 is 1. The van der Waals surface area contributed by atoms with E-state index in [2.05, 4.69) is 12.2 Å². The van der Waals surface area contributed by atoms with Gasteiger partial charge in [0.2, 0.25) is 5.91 Å². The molecule has 0 spiro atoms. The molecule has 0 saturated carbocycles. The molecule has 0 fully saturated rings. The molecule has 1 rings (SSSR count). The third kappa shape index (κ3) is 4.75. The predicted molar refractivity (Wildman–Crippen MR) is 79.9 cm³/mol. The maximum atomic E-state index is 12.2. The number of benzene rings is 1. The number of halogens is 1. The maximum absolute atomic E-state index is 12.2. The fourth-order valence-electron chi connectivity index (χ4n) is 1.98. The minimum atomic E-state index is 0.0384. The quantitative estimate of drug-likeness (QED) is 0.800. The average Bonchev–Trinajstić information content (AvgIpc) is 2.40. The number of ether oxygens (including phenoxy) is 1. The van der Waals surface area contributed by atoms with Crippen LogP contribution in [0.25, 0.3) is 0 Å². The Labute approximate surface area is 120 Å². The van der Waals surface area contributed by atoms with Gasteiger partial charge in [-0.2, -0.15) is 0 Å². The van der Waals surface area contributed by atoms with Crippen LogP contribution in [0.5, 0.6) is 5.75 Å². The van der Waals surface area contributed by atoms with Gasteiger partial charge in [0.25, 0.3) is 0 Å². The number of anilines is 1. The van der Waals surface area contributed by atoms with Gasteiger partial charge in [-0.3, -0.25) is 4.79 Å². The summed E-state index contributed by atoms with van der Waals surface area (Å²) in [6.45, 7) is 4.17. The third-order valence-electron chi connectivity index (χ3n) is 3.19. The van der Waals surface area contributed by atoms with Crippen LogP contribution in [0.4, 0.5) is 5.69 Å². The zero-order valence-corrected chi connectivity index (χ0v) is 12.6. The Morgan fingerprint density at radius 1 is 1.42 bits per heavy atom. The number of rotatable bonds is 7. The van der Waals surface area contributed by atoms with E-state index in [9.17, 15) is 4.79 Å². The van der Waals surface area contributed by atoms with Gasteiger partial charge in [-0.15, -0.1) is 0 Å². The van der Waals surface area contributed by atoms with E-state index in [0.717, 1.165) is 25.7 Å². The van der Waals surface area contributed by atoms with Crippen LogP contribution in [0.2, 0.25) is 5.02 Å². The molecular formula is C15H22ClNO2. The van der Waals surface area contributed by atoms with Crippen LogP contribution in [0.3, 0.4) is 0 Å². The SMILES string of the molecule is CCCC[C@H](CC)C(=O)Nc1cc(Cl)ccc1OC. The number of hydrogen-bond donors (Lipinski definition) is 1. The number of carbonyl (C=O) groups is 1. The summed E-state index contributed by atoms with van der Waals surface area (Å²) in [4.78, 5) is 12.2. The monoisotopic (exact) mass is 283 g/mol. The second kappa shape index (κ2) is 8.05. The van der Waals surface area contributed by atoms with Crippen molar-refractivity contribution >= 4 is 23.2 Å². The van der Waals surface area contributed by atoms with Gasteiger partial charge in [-0.1, -0.05) is 38.3 Å². The highest BCUT2D eigenvalue weighted by Crippen LogP contribution is 2.28. The van der Waals surface area contributed by atoms with Crippen LogP contribution in [-0.4, -0.2) is 13.0 Å². The van der Waals surface area contributed by atoms with Crippen molar-refractivity contribution in [2.75, 3.05) is 12.4 Å². The lowest BCUT2D eigenvalue weighted by atomic mass is 9.98. The second-order valence-electron chi connectivity index (χ2n) is 4.58. The van der Waals surface area contributed by atoms with E-state index < -0.39 is 0 Å². The molecular weight excluding hydrogens is 262 g/mol. The Morgan fingerprint density at radius 3 is 2.74 bits per heavy atom. The fourth-order valence-corrected chi connectivity index (χ4v) is 2.16. The lowest BCUT2D eigenvalue weighted by Gasteiger charge is -2.16. The van der Waals surface area contributed by atoms with Gasteiger partial charge < -0.3 is 10.1 Å². The highest BCUT2D eigenvalue weighted by atomic mass is 35.5. The second-order valence-corrected chi connectivity index (χ2v) is 5.02. The van der Waals surface area contributed by atoms with Crippen molar-refractivity contribution in [3.8, 4) is 5.75 Å². The van der Waals surface area contributed by atoms with Crippen molar-refractivity contribution in [2.45, 2.75) is 39.5 Å². The Balaban J connectivity index is 2.77. The van der Waals surface area contributed by atoms with E-state index in [-0.39, 0.29) is 11.8 Å². The number of hydrogen-bond acceptors (Lipinski definition) is 2. The van der Waals surface area contributed by atoms with Gasteiger partial charge in [-0.05, 0) is 31.0 Å². The minimum absolute atomic E-state index is 0.0384. The van der Waals surface area contributed by atoms with Gasteiger partial charge >= 0.3 is 0 Å². The van der Waals surface area contributed by atoms with Crippen molar-refractivity contribution < 1.29 is 9.53 Å². The van der Waals surface area contributed by atoms with E-state index in [0.29, 0.717) is 16.5 Å². The van der Waals surface area contributed by atoms with Gasteiger partial charge in [0.05, 0.1) is 12.8 Å². The topological polar surface area (TPSA) is 38.3 Å². The van der Waals surface area contributed by atoms with Crippen molar-refractivity contribution in [3.63, 3.8) is 0 Å². The van der Waals surface area contributed by atoms with Gasteiger partial charge in [0, 0.05) is 10.9 Å². The zero-order valence-electron chi connectivity index (χ0n) is 11.8. The van der Waals surface area contributed by atoms with E-state index in [4.69, 9.17) is 16.3 Å². The van der Waals surface area contributed by atoms with E-state index in [1.807, 2.05) is 6.92 Å². The summed E-state index contributed by atoms with van der Waals surface area (Å²) in [5.41, 5.74) is 0.634. The molecule has 0 radical (unpaired) electrons. The first-order chi connectivity index (χ1) is 9.12. The number of nitrogens with one attached hydrogen (secondary N) is 1. The molecule has 0 aliphatic heterocycles. The van der Waals surface area contributed by atoms with E-state index in [1.165, 1.54) is 0 Å². The van der Waals surface area contributed by atoms with Crippen LogP contribution >= 0.6 is 11.6 Å². The van der Waals surface area contributed by atoms with E-state index in [1.54, 1.807) is 25.3 Å². The molecule has 106 valence electrons. The van der Waals surface area contributed by atoms with Crippen LogP contribution in [-0.2, 0) is 4.79 Å². The summed E-state index contributed by atoms with van der Waals surface area (Å²) >= 11 is 5.95. The Morgan fingerprint density at radius 2 is 2.16 bits per heavy atom. The van der Waals surface area contributed by atoms with Crippen molar-refractivity contribution in [1.82, 2.24) is 0 Å². The molecule has 0 aliphatic rings. The summed E-state index contributed by atoms with van der Waals surface area (Å²) < 4.78 is 5.22. The first-order valence-corrected chi connectivity index (χ1v) is 7.14. The molecule has 1 aromatic carbocycles.